The Morgan fingerprint density at radius 1 is 0.850 bits per heavy atom. The minimum absolute atomic E-state index is 0.0317. The minimum atomic E-state index is -4.46. The molecule has 0 saturated carbocycles. The average molecular weight is 565 g/mol. The molecular weight excluding hydrogens is 521 g/mol. The molecule has 0 aliphatic heterocycles. The first kappa shape index (κ1) is 33.1. The highest BCUT2D eigenvalue weighted by molar-refractivity contribution is 6.32. The highest BCUT2D eigenvalue weighted by Gasteiger charge is 2.30. The minimum Gasteiger partial charge on any atom is -0.459 e. The number of anilines is 1. The summed E-state index contributed by atoms with van der Waals surface area (Å²) in [6, 6.07) is 11.7. The van der Waals surface area contributed by atoms with Crippen LogP contribution in [0.3, 0.4) is 0 Å². The molecule has 0 radical (unpaired) electrons. The van der Waals surface area contributed by atoms with Gasteiger partial charge in [0, 0.05) is 25.3 Å². The molecule has 0 aliphatic rings. The van der Waals surface area contributed by atoms with Gasteiger partial charge in [0.1, 0.15) is 0 Å². The maximum absolute atomic E-state index is 12.9. The number of hydrogen-bond donors (Lipinski definition) is 2. The summed E-state index contributed by atoms with van der Waals surface area (Å²) < 4.78 is 43.6. The van der Waals surface area contributed by atoms with Crippen LogP contribution in [0.5, 0.6) is 0 Å². The number of nitrogens with one attached hydrogen (secondary N) is 1. The van der Waals surface area contributed by atoms with Crippen molar-refractivity contribution in [3.05, 3.63) is 65.2 Å². The number of carbonyl (C=O) groups is 2. The molecule has 1 atom stereocenters. The molecule has 40 heavy (non-hydrogen) atoms. The van der Waals surface area contributed by atoms with Crippen LogP contribution in [0.2, 0.25) is 0 Å². The average Bonchev–Trinajstić information content (AvgIpc) is 2.93. The third-order valence-electron chi connectivity index (χ3n) is 6.65. The van der Waals surface area contributed by atoms with Crippen LogP contribution in [0.15, 0.2) is 48.5 Å². The molecule has 2 N–H and O–H groups in total. The molecule has 2 rings (SSSR count). The van der Waals surface area contributed by atoms with E-state index in [0.29, 0.717) is 12.1 Å². The lowest BCUT2D eigenvalue weighted by Gasteiger charge is -2.22. The van der Waals surface area contributed by atoms with E-state index in [1.807, 2.05) is 12.1 Å². The smallest absolute Gasteiger partial charge is 0.416 e. The first-order valence-corrected chi connectivity index (χ1v) is 14.3. The van der Waals surface area contributed by atoms with Gasteiger partial charge < -0.3 is 20.1 Å². The maximum atomic E-state index is 12.9. The summed E-state index contributed by atoms with van der Waals surface area (Å²) in [6.45, 7) is 4.27. The molecule has 2 aromatic rings. The maximum Gasteiger partial charge on any atom is 0.416 e. The molecule has 2 aromatic carbocycles. The summed E-state index contributed by atoms with van der Waals surface area (Å²) in [5, 5.41) is 13.5. The first-order valence-electron chi connectivity index (χ1n) is 14.3. The Labute approximate surface area is 235 Å². The van der Waals surface area contributed by atoms with Gasteiger partial charge in [-0.1, -0.05) is 82.6 Å². The van der Waals surface area contributed by atoms with E-state index in [2.05, 4.69) is 12.2 Å². The second-order valence-electron chi connectivity index (χ2n) is 10.1. The van der Waals surface area contributed by atoms with Crippen molar-refractivity contribution in [1.29, 1.82) is 0 Å². The number of nitrogens with zero attached hydrogens (tertiary/aromatic N) is 1. The molecule has 9 heteroatoms. The number of benzene rings is 2. The summed E-state index contributed by atoms with van der Waals surface area (Å²) in [5.41, 5.74) is 1.21. The number of aliphatic hydroxyl groups is 1. The van der Waals surface area contributed by atoms with Gasteiger partial charge in [-0.05, 0) is 48.7 Å². The van der Waals surface area contributed by atoms with Crippen LogP contribution in [0, 0.1) is 0 Å². The Hall–Kier alpha value is -3.07. The SMILES string of the molecule is CCCCCCCCCCC(O)CNc1ccc(CN(Cc2ccc(C(F)(F)F)cc2)C(=O)C(=O)OCC)cc1. The van der Waals surface area contributed by atoms with Crippen molar-refractivity contribution in [2.45, 2.75) is 97.0 Å². The van der Waals surface area contributed by atoms with Gasteiger partial charge in [-0.2, -0.15) is 13.2 Å². The molecule has 1 amide bonds. The van der Waals surface area contributed by atoms with Crippen LogP contribution in [0.25, 0.3) is 0 Å². The molecule has 0 heterocycles. The number of amides is 1. The zero-order valence-corrected chi connectivity index (χ0v) is 23.6. The molecule has 0 saturated heterocycles. The Morgan fingerprint density at radius 3 is 1.90 bits per heavy atom. The van der Waals surface area contributed by atoms with Crippen molar-refractivity contribution in [1.82, 2.24) is 4.90 Å². The fraction of sp³-hybridized carbons (Fsp3) is 0.548. The van der Waals surface area contributed by atoms with Gasteiger partial charge in [-0.3, -0.25) is 4.79 Å². The van der Waals surface area contributed by atoms with Gasteiger partial charge in [-0.15, -0.1) is 0 Å². The van der Waals surface area contributed by atoms with E-state index < -0.39 is 29.7 Å². The van der Waals surface area contributed by atoms with Crippen molar-refractivity contribution in [2.24, 2.45) is 0 Å². The van der Waals surface area contributed by atoms with Gasteiger partial charge >= 0.3 is 18.1 Å². The lowest BCUT2D eigenvalue weighted by molar-refractivity contribution is -0.160. The van der Waals surface area contributed by atoms with E-state index in [4.69, 9.17) is 4.74 Å². The zero-order valence-electron chi connectivity index (χ0n) is 23.6. The fourth-order valence-electron chi connectivity index (χ4n) is 4.34. The predicted octanol–water partition coefficient (Wildman–Crippen LogP) is 7.10. The van der Waals surface area contributed by atoms with E-state index in [1.165, 1.54) is 55.6 Å². The van der Waals surface area contributed by atoms with Crippen LogP contribution in [-0.2, 0) is 33.6 Å². The number of unbranched alkanes of at least 4 members (excludes halogenated alkanes) is 7. The van der Waals surface area contributed by atoms with Crippen molar-refractivity contribution in [3.63, 3.8) is 0 Å². The predicted molar refractivity (Wildman–Crippen MR) is 150 cm³/mol. The third kappa shape index (κ3) is 12.4. The number of aliphatic hydroxyl groups excluding tert-OH is 1. The highest BCUT2D eigenvalue weighted by atomic mass is 19.4. The fourth-order valence-corrected chi connectivity index (χ4v) is 4.34. The number of ether oxygens (including phenoxy) is 1. The third-order valence-corrected chi connectivity index (χ3v) is 6.65. The van der Waals surface area contributed by atoms with Crippen LogP contribution in [-0.4, -0.2) is 41.1 Å². The molecule has 1 unspecified atom stereocenters. The van der Waals surface area contributed by atoms with Gasteiger partial charge in [-0.25, -0.2) is 4.79 Å². The normalized spacial score (nSPS) is 12.2. The molecule has 0 bridgehead atoms. The van der Waals surface area contributed by atoms with E-state index in [0.717, 1.165) is 42.6 Å². The zero-order chi connectivity index (χ0) is 29.4. The lowest BCUT2D eigenvalue weighted by atomic mass is 10.1. The Morgan fingerprint density at radius 2 is 1.38 bits per heavy atom. The number of carbonyl (C=O) groups excluding carboxylic acids is 2. The molecule has 0 fully saturated rings. The van der Waals surface area contributed by atoms with E-state index >= 15 is 0 Å². The number of halogens is 3. The monoisotopic (exact) mass is 564 g/mol. The van der Waals surface area contributed by atoms with Crippen LogP contribution in [0.1, 0.15) is 88.3 Å². The van der Waals surface area contributed by atoms with Crippen molar-refractivity contribution < 1.29 is 32.6 Å². The summed E-state index contributed by atoms with van der Waals surface area (Å²) in [6.07, 6.45) is 5.59. The molecular formula is C31H43F3N2O4. The number of alkyl halides is 3. The van der Waals surface area contributed by atoms with E-state index in [1.54, 1.807) is 19.1 Å². The molecule has 0 aromatic heterocycles. The molecule has 222 valence electrons. The van der Waals surface area contributed by atoms with Crippen LogP contribution < -0.4 is 5.32 Å². The summed E-state index contributed by atoms with van der Waals surface area (Å²) in [5.74, 6) is -1.88. The number of rotatable bonds is 17. The van der Waals surface area contributed by atoms with Crippen molar-refractivity contribution in [2.75, 3.05) is 18.5 Å². The van der Waals surface area contributed by atoms with Crippen molar-refractivity contribution in [3.8, 4) is 0 Å². The Bertz CT molecular complexity index is 1010. The highest BCUT2D eigenvalue weighted by Crippen LogP contribution is 2.29. The van der Waals surface area contributed by atoms with Gasteiger partial charge in [0.15, 0.2) is 0 Å². The van der Waals surface area contributed by atoms with E-state index in [-0.39, 0.29) is 19.7 Å². The van der Waals surface area contributed by atoms with Gasteiger partial charge in [0.25, 0.3) is 0 Å². The second-order valence-corrected chi connectivity index (χ2v) is 10.1. The van der Waals surface area contributed by atoms with Gasteiger partial charge in [0.05, 0.1) is 18.3 Å². The van der Waals surface area contributed by atoms with Crippen LogP contribution >= 0.6 is 0 Å². The second kappa shape index (κ2) is 17.6. The Balaban J connectivity index is 1.88. The molecule has 6 nitrogen and oxygen atoms in total. The quantitative estimate of drug-likeness (QED) is 0.122. The first-order chi connectivity index (χ1) is 19.1. The largest absolute Gasteiger partial charge is 0.459 e. The summed E-state index contributed by atoms with van der Waals surface area (Å²) in [7, 11) is 0. The topological polar surface area (TPSA) is 78.9 Å². The van der Waals surface area contributed by atoms with Gasteiger partial charge in [0.2, 0.25) is 0 Å². The summed E-state index contributed by atoms with van der Waals surface area (Å²) >= 11 is 0. The Kier molecular flexibility index (Phi) is 14.6. The number of esters is 1. The van der Waals surface area contributed by atoms with Crippen molar-refractivity contribution >= 4 is 17.6 Å². The lowest BCUT2D eigenvalue weighted by Crippen LogP contribution is -2.36. The molecule has 0 spiro atoms. The standard InChI is InChI=1S/C31H43F3N2O4/c1-3-5-6-7-8-9-10-11-12-28(37)21-35-27-19-15-25(16-20-27)23-36(29(38)30(39)40-4-2)22-24-13-17-26(18-14-24)31(32,33)34/h13-20,28,35,37H,3-12,21-23H2,1-2H3. The van der Waals surface area contributed by atoms with Crippen LogP contribution in [0.4, 0.5) is 18.9 Å². The van der Waals surface area contributed by atoms with E-state index in [9.17, 15) is 27.9 Å². The summed E-state index contributed by atoms with van der Waals surface area (Å²) in [4.78, 5) is 26.1. The number of hydrogen-bond acceptors (Lipinski definition) is 5. The molecule has 0 aliphatic carbocycles.